The fourth-order valence-corrected chi connectivity index (χ4v) is 5.09. The molecule has 0 saturated carbocycles. The van der Waals surface area contributed by atoms with Gasteiger partial charge in [-0.15, -0.1) is 0 Å². The third kappa shape index (κ3) is 2.97. The molecule has 3 heterocycles. The molecule has 3 aromatic heterocycles. The lowest BCUT2D eigenvalue weighted by Gasteiger charge is -2.12. The zero-order chi connectivity index (χ0) is 22.5. The van der Waals surface area contributed by atoms with Crippen LogP contribution < -0.4 is 0 Å². The number of hydrogen-bond acceptors (Lipinski definition) is 6. The number of pyridine rings is 1. The third-order valence-electron chi connectivity index (χ3n) is 5.25. The summed E-state index contributed by atoms with van der Waals surface area (Å²) in [4.78, 5) is 9.07. The van der Waals surface area contributed by atoms with Gasteiger partial charge < -0.3 is 5.11 Å². The lowest BCUT2D eigenvalue weighted by Crippen LogP contribution is -2.12. The minimum absolute atomic E-state index is 0.157. The Hall–Kier alpha value is -4.00. The van der Waals surface area contributed by atoms with Crippen LogP contribution in [-0.4, -0.2) is 32.0 Å². The number of rotatable bonds is 4. The van der Waals surface area contributed by atoms with Gasteiger partial charge in [-0.25, -0.2) is 22.4 Å². The summed E-state index contributed by atoms with van der Waals surface area (Å²) in [6, 6.07) is 18.8. The Labute approximate surface area is 183 Å². The number of nitrogens with zero attached hydrogens (tertiary/aromatic N) is 5. The van der Waals surface area contributed by atoms with E-state index < -0.39 is 16.1 Å². The summed E-state index contributed by atoms with van der Waals surface area (Å²) in [5, 5.41) is 20.1. The molecule has 0 amide bonds. The van der Waals surface area contributed by atoms with Crippen LogP contribution in [-0.2, 0) is 10.0 Å². The second-order valence-electron chi connectivity index (χ2n) is 7.30. The van der Waals surface area contributed by atoms with Gasteiger partial charge in [-0.2, -0.15) is 5.26 Å². The van der Waals surface area contributed by atoms with Gasteiger partial charge in [0.15, 0.2) is 5.65 Å². The summed E-state index contributed by atoms with van der Waals surface area (Å²) in [6.45, 7) is 1.61. The van der Waals surface area contributed by atoms with E-state index in [1.54, 1.807) is 60.0 Å². The Balaban J connectivity index is 1.82. The van der Waals surface area contributed by atoms with E-state index in [1.165, 1.54) is 24.5 Å². The Morgan fingerprint density at radius 2 is 1.78 bits per heavy atom. The van der Waals surface area contributed by atoms with Crippen LogP contribution in [0.25, 0.3) is 27.8 Å². The molecule has 9 heteroatoms. The van der Waals surface area contributed by atoms with Crippen molar-refractivity contribution in [1.29, 1.82) is 5.26 Å². The Bertz CT molecular complexity index is 1610. The van der Waals surface area contributed by atoms with Gasteiger partial charge in [-0.3, -0.25) is 4.57 Å². The summed E-state index contributed by atoms with van der Waals surface area (Å²) in [5.41, 5.74) is 2.59. The molecule has 1 N–H and O–H groups in total. The number of imidazole rings is 1. The van der Waals surface area contributed by atoms with Crippen LogP contribution in [0.5, 0.6) is 0 Å². The van der Waals surface area contributed by atoms with Gasteiger partial charge in [0.05, 0.1) is 28.2 Å². The number of aliphatic hydroxyl groups is 1. The zero-order valence-corrected chi connectivity index (χ0v) is 17.7. The van der Waals surface area contributed by atoms with Gasteiger partial charge in [-0.05, 0) is 49.4 Å². The Kier molecular flexibility index (Phi) is 4.55. The van der Waals surface area contributed by atoms with Crippen molar-refractivity contribution in [3.8, 4) is 11.8 Å². The first-order valence-electron chi connectivity index (χ1n) is 9.79. The number of hydrogen-bond donors (Lipinski definition) is 1. The topological polar surface area (TPSA) is 114 Å². The van der Waals surface area contributed by atoms with Crippen molar-refractivity contribution >= 4 is 32.1 Å². The molecule has 32 heavy (non-hydrogen) atoms. The number of aromatic nitrogens is 4. The van der Waals surface area contributed by atoms with Crippen molar-refractivity contribution in [3.63, 3.8) is 0 Å². The first-order valence-corrected chi connectivity index (χ1v) is 11.2. The Morgan fingerprint density at radius 3 is 2.44 bits per heavy atom. The maximum atomic E-state index is 13.2. The highest BCUT2D eigenvalue weighted by Crippen LogP contribution is 2.32. The van der Waals surface area contributed by atoms with E-state index in [0.717, 1.165) is 3.97 Å². The van der Waals surface area contributed by atoms with E-state index >= 15 is 0 Å². The predicted molar refractivity (Wildman–Crippen MR) is 119 cm³/mol. The summed E-state index contributed by atoms with van der Waals surface area (Å²) >= 11 is 0. The molecule has 0 spiro atoms. The molecule has 0 aliphatic rings. The van der Waals surface area contributed by atoms with Crippen LogP contribution in [0.4, 0.5) is 0 Å². The number of fused-ring (bicyclic) bond motifs is 3. The standard InChI is InChI=1S/C23H17N5O3S/c1-15(29)22-26-20-14-25-23-19(21(20)28(22)17-9-7-16(13-24)8-10-17)11-12-27(23)32(30,31)18-5-3-2-4-6-18/h2-12,14-15,29H,1H3. The predicted octanol–water partition coefficient (Wildman–Crippen LogP) is 3.54. The molecular weight excluding hydrogens is 426 g/mol. The highest BCUT2D eigenvalue weighted by Gasteiger charge is 2.24. The average Bonchev–Trinajstić information content (AvgIpc) is 3.42. The van der Waals surface area contributed by atoms with E-state index in [2.05, 4.69) is 16.0 Å². The van der Waals surface area contributed by atoms with Gasteiger partial charge in [-0.1, -0.05) is 18.2 Å². The van der Waals surface area contributed by atoms with Crippen molar-refractivity contribution in [1.82, 2.24) is 18.5 Å². The fourth-order valence-electron chi connectivity index (χ4n) is 3.77. The quantitative estimate of drug-likeness (QED) is 0.454. The van der Waals surface area contributed by atoms with Crippen molar-refractivity contribution in [2.75, 3.05) is 0 Å². The molecule has 158 valence electrons. The highest BCUT2D eigenvalue weighted by atomic mass is 32.2. The third-order valence-corrected chi connectivity index (χ3v) is 6.93. The first kappa shape index (κ1) is 19.9. The van der Waals surface area contributed by atoms with Gasteiger partial charge in [0, 0.05) is 17.3 Å². The highest BCUT2D eigenvalue weighted by molar-refractivity contribution is 7.90. The molecule has 5 aromatic rings. The SMILES string of the molecule is CC(O)c1nc2cnc3c(ccn3S(=O)(=O)c3ccccc3)c2n1-c1ccc(C#N)cc1. The molecule has 0 aliphatic heterocycles. The number of aliphatic hydroxyl groups excluding tert-OH is 1. The van der Waals surface area contributed by atoms with Crippen LogP contribution in [0.1, 0.15) is 24.4 Å². The second-order valence-corrected chi connectivity index (χ2v) is 9.11. The van der Waals surface area contributed by atoms with Crippen LogP contribution in [0.2, 0.25) is 0 Å². The lowest BCUT2D eigenvalue weighted by atomic mass is 10.2. The molecule has 1 atom stereocenters. The van der Waals surface area contributed by atoms with E-state index in [1.807, 2.05) is 0 Å². The molecular formula is C23H17N5O3S. The second kappa shape index (κ2) is 7.30. The normalized spacial score (nSPS) is 12.8. The smallest absolute Gasteiger partial charge is 0.269 e. The van der Waals surface area contributed by atoms with Crippen LogP contribution in [0.3, 0.4) is 0 Å². The summed E-state index contributed by atoms with van der Waals surface area (Å²) in [5.74, 6) is 0.387. The molecule has 0 saturated heterocycles. The van der Waals surface area contributed by atoms with Crippen LogP contribution >= 0.6 is 0 Å². The molecule has 0 radical (unpaired) electrons. The average molecular weight is 443 g/mol. The maximum absolute atomic E-state index is 13.2. The van der Waals surface area contributed by atoms with E-state index in [9.17, 15) is 13.5 Å². The minimum Gasteiger partial charge on any atom is -0.385 e. The minimum atomic E-state index is -3.85. The van der Waals surface area contributed by atoms with Gasteiger partial charge in [0.1, 0.15) is 17.4 Å². The van der Waals surface area contributed by atoms with Crippen LogP contribution in [0, 0.1) is 11.3 Å². The molecule has 0 aliphatic carbocycles. The zero-order valence-electron chi connectivity index (χ0n) is 16.9. The lowest BCUT2D eigenvalue weighted by molar-refractivity contribution is 0.187. The molecule has 0 bridgehead atoms. The van der Waals surface area contributed by atoms with E-state index in [4.69, 9.17) is 5.26 Å². The van der Waals surface area contributed by atoms with Gasteiger partial charge in [0.2, 0.25) is 0 Å². The molecule has 5 rings (SSSR count). The fraction of sp³-hybridized carbons (Fsp3) is 0.0870. The van der Waals surface area contributed by atoms with E-state index in [-0.39, 0.29) is 10.5 Å². The largest absolute Gasteiger partial charge is 0.385 e. The van der Waals surface area contributed by atoms with Crippen molar-refractivity contribution in [2.24, 2.45) is 0 Å². The van der Waals surface area contributed by atoms with Crippen molar-refractivity contribution < 1.29 is 13.5 Å². The first-order chi connectivity index (χ1) is 15.4. The van der Waals surface area contributed by atoms with Gasteiger partial charge >= 0.3 is 0 Å². The summed E-state index contributed by atoms with van der Waals surface area (Å²) in [7, 11) is -3.85. The maximum Gasteiger partial charge on any atom is 0.269 e. The monoisotopic (exact) mass is 443 g/mol. The molecule has 2 aromatic carbocycles. The Morgan fingerprint density at radius 1 is 1.06 bits per heavy atom. The number of benzene rings is 2. The van der Waals surface area contributed by atoms with Gasteiger partial charge in [0.25, 0.3) is 10.0 Å². The molecule has 8 nitrogen and oxygen atoms in total. The van der Waals surface area contributed by atoms with E-state index in [0.29, 0.717) is 33.5 Å². The van der Waals surface area contributed by atoms with Crippen molar-refractivity contribution in [3.05, 3.63) is 84.4 Å². The summed E-state index contributed by atoms with van der Waals surface area (Å²) in [6.07, 6.45) is 2.08. The summed E-state index contributed by atoms with van der Waals surface area (Å²) < 4.78 is 29.3. The molecule has 1 unspecified atom stereocenters. The number of nitriles is 1. The van der Waals surface area contributed by atoms with Crippen molar-refractivity contribution in [2.45, 2.75) is 17.9 Å². The molecule has 0 fully saturated rings. The van der Waals surface area contributed by atoms with Crippen LogP contribution in [0.15, 0.2) is 78.0 Å².